The lowest BCUT2D eigenvalue weighted by Gasteiger charge is -2.34. The van der Waals surface area contributed by atoms with Crippen molar-refractivity contribution < 1.29 is 17.2 Å². The van der Waals surface area contributed by atoms with Gasteiger partial charge in [0.05, 0.1) is 4.90 Å². The Kier molecular flexibility index (Phi) is 7.82. The number of rotatable bonds is 8. The molecule has 0 radical (unpaired) electrons. The van der Waals surface area contributed by atoms with Gasteiger partial charge in [0, 0.05) is 36.7 Å². The van der Waals surface area contributed by atoms with E-state index in [1.807, 2.05) is 0 Å². The molecule has 0 bridgehead atoms. The monoisotopic (exact) mass is 550 g/mol. The zero-order valence-electron chi connectivity index (χ0n) is 21.0. The number of benzene rings is 3. The third-order valence-electron chi connectivity index (χ3n) is 6.78. The molecule has 3 aromatic carbocycles. The minimum atomic E-state index is -3.67. The van der Waals surface area contributed by atoms with E-state index in [1.54, 1.807) is 60.8 Å². The van der Waals surface area contributed by atoms with Gasteiger partial charge in [0.25, 0.3) is 0 Å². The third-order valence-corrected chi connectivity index (χ3v) is 8.69. The van der Waals surface area contributed by atoms with Crippen molar-refractivity contribution in [3.05, 3.63) is 102 Å². The number of sulfonamides is 1. The van der Waals surface area contributed by atoms with E-state index in [0.717, 1.165) is 5.56 Å². The van der Waals surface area contributed by atoms with Crippen LogP contribution in [-0.4, -0.2) is 35.8 Å². The van der Waals surface area contributed by atoms with Crippen LogP contribution in [0, 0.1) is 17.6 Å². The smallest absolute Gasteiger partial charge is 0.243 e. The SMILES string of the molecule is N[C@H](c1ccc(F)cc1)C1CCN(S(=O)(=O)c2ccc(Nc3nccc(Nc4ccc(F)cc4)n3)cc2)CC1. The number of halogens is 2. The fraction of sp³-hybridized carbons (Fsp3) is 0.214. The largest absolute Gasteiger partial charge is 0.340 e. The molecule has 39 heavy (non-hydrogen) atoms. The van der Waals surface area contributed by atoms with Crippen molar-refractivity contribution in [2.45, 2.75) is 23.8 Å². The van der Waals surface area contributed by atoms with Crippen molar-refractivity contribution in [3.63, 3.8) is 0 Å². The van der Waals surface area contributed by atoms with E-state index in [0.29, 0.717) is 49.1 Å². The molecule has 1 fully saturated rings. The Morgan fingerprint density at radius 1 is 0.821 bits per heavy atom. The first kappa shape index (κ1) is 26.7. The maximum atomic E-state index is 13.3. The molecule has 4 N–H and O–H groups in total. The third kappa shape index (κ3) is 6.39. The summed E-state index contributed by atoms with van der Waals surface area (Å²) in [6.07, 6.45) is 2.82. The van der Waals surface area contributed by atoms with Crippen LogP contribution >= 0.6 is 0 Å². The molecule has 202 valence electrons. The first-order valence-corrected chi connectivity index (χ1v) is 14.0. The molecule has 1 aromatic heterocycles. The Hall–Kier alpha value is -3.93. The Balaban J connectivity index is 1.19. The second kappa shape index (κ2) is 11.4. The highest BCUT2D eigenvalue weighted by Crippen LogP contribution is 2.31. The van der Waals surface area contributed by atoms with Crippen LogP contribution in [0.2, 0.25) is 0 Å². The number of nitrogens with two attached hydrogens (primary N) is 1. The topological polar surface area (TPSA) is 113 Å². The van der Waals surface area contributed by atoms with Gasteiger partial charge < -0.3 is 16.4 Å². The highest BCUT2D eigenvalue weighted by Gasteiger charge is 2.32. The summed E-state index contributed by atoms with van der Waals surface area (Å²) in [5, 5.41) is 6.15. The summed E-state index contributed by atoms with van der Waals surface area (Å²) in [6.45, 7) is 0.729. The van der Waals surface area contributed by atoms with Crippen LogP contribution in [0.4, 0.5) is 31.9 Å². The van der Waals surface area contributed by atoms with Crippen molar-refractivity contribution >= 4 is 33.2 Å². The van der Waals surface area contributed by atoms with Gasteiger partial charge in [-0.3, -0.25) is 0 Å². The minimum Gasteiger partial charge on any atom is -0.340 e. The van der Waals surface area contributed by atoms with Crippen LogP contribution in [0.15, 0.2) is 90.0 Å². The summed E-state index contributed by atoms with van der Waals surface area (Å²) in [6, 6.07) is 19.9. The van der Waals surface area contributed by atoms with Gasteiger partial charge in [-0.05, 0) is 91.1 Å². The van der Waals surface area contributed by atoms with E-state index in [2.05, 4.69) is 20.6 Å². The van der Waals surface area contributed by atoms with E-state index in [9.17, 15) is 17.2 Å². The van der Waals surface area contributed by atoms with Crippen LogP contribution in [0.3, 0.4) is 0 Å². The highest BCUT2D eigenvalue weighted by atomic mass is 32.2. The normalized spacial score (nSPS) is 15.6. The summed E-state index contributed by atoms with van der Waals surface area (Å²) in [7, 11) is -3.67. The van der Waals surface area contributed by atoms with Crippen molar-refractivity contribution in [2.24, 2.45) is 11.7 Å². The number of hydrogen-bond acceptors (Lipinski definition) is 7. The average Bonchev–Trinajstić information content (AvgIpc) is 2.95. The average molecular weight is 551 g/mol. The molecule has 0 amide bonds. The standard InChI is InChI=1S/C28H28F2N6O2S/c29-21-3-1-19(2-4-21)27(31)20-14-17-36(18-15-20)39(37,38)25-11-9-24(10-12-25)34-28-32-16-13-26(35-28)33-23-7-5-22(30)6-8-23/h1-13,16,20,27H,14-15,17-18,31H2,(H2,32,33,34,35)/t27-/m1/s1. The zero-order valence-corrected chi connectivity index (χ0v) is 21.8. The number of aromatic nitrogens is 2. The lowest BCUT2D eigenvalue weighted by molar-refractivity contribution is 0.245. The molecule has 4 aromatic rings. The molecule has 8 nitrogen and oxygen atoms in total. The van der Waals surface area contributed by atoms with Crippen LogP contribution in [0.25, 0.3) is 0 Å². The molecule has 0 aliphatic carbocycles. The number of nitrogens with one attached hydrogen (secondary N) is 2. The molecule has 1 atom stereocenters. The van der Waals surface area contributed by atoms with E-state index in [-0.39, 0.29) is 28.5 Å². The van der Waals surface area contributed by atoms with Crippen LogP contribution in [0.1, 0.15) is 24.4 Å². The molecular weight excluding hydrogens is 522 g/mol. The second-order valence-corrected chi connectivity index (χ2v) is 11.3. The van der Waals surface area contributed by atoms with Crippen LogP contribution in [-0.2, 0) is 10.0 Å². The number of hydrogen-bond donors (Lipinski definition) is 3. The molecule has 0 spiro atoms. The van der Waals surface area contributed by atoms with Gasteiger partial charge in [-0.25, -0.2) is 22.2 Å². The summed E-state index contributed by atoms with van der Waals surface area (Å²) in [5.41, 5.74) is 8.54. The Bertz CT molecular complexity index is 1510. The minimum absolute atomic E-state index is 0.113. The fourth-order valence-electron chi connectivity index (χ4n) is 4.59. The molecule has 2 heterocycles. The predicted octanol–water partition coefficient (Wildman–Crippen LogP) is 5.34. The summed E-state index contributed by atoms with van der Waals surface area (Å²) in [4.78, 5) is 8.80. The molecule has 5 rings (SSSR count). The number of piperidine rings is 1. The molecular formula is C28H28F2N6O2S. The van der Waals surface area contributed by atoms with Gasteiger partial charge in [0.2, 0.25) is 16.0 Å². The van der Waals surface area contributed by atoms with Crippen molar-refractivity contribution in [1.82, 2.24) is 14.3 Å². The Labute approximate surface area is 226 Å². The molecule has 1 aliphatic rings. The van der Waals surface area contributed by atoms with Crippen molar-refractivity contribution in [1.29, 1.82) is 0 Å². The molecule has 1 saturated heterocycles. The highest BCUT2D eigenvalue weighted by molar-refractivity contribution is 7.89. The Morgan fingerprint density at radius 2 is 1.38 bits per heavy atom. The van der Waals surface area contributed by atoms with Crippen molar-refractivity contribution in [3.8, 4) is 0 Å². The zero-order chi connectivity index (χ0) is 27.4. The summed E-state index contributed by atoms with van der Waals surface area (Å²) >= 11 is 0. The molecule has 0 unspecified atom stereocenters. The van der Waals surface area contributed by atoms with E-state index >= 15 is 0 Å². The van der Waals surface area contributed by atoms with Crippen LogP contribution in [0.5, 0.6) is 0 Å². The quantitative estimate of drug-likeness (QED) is 0.271. The van der Waals surface area contributed by atoms with Gasteiger partial charge in [0.1, 0.15) is 17.5 Å². The van der Waals surface area contributed by atoms with E-state index in [1.165, 1.54) is 28.6 Å². The van der Waals surface area contributed by atoms with Gasteiger partial charge >= 0.3 is 0 Å². The van der Waals surface area contributed by atoms with E-state index in [4.69, 9.17) is 5.73 Å². The molecule has 0 saturated carbocycles. The number of nitrogens with zero attached hydrogens (tertiary/aromatic N) is 3. The first-order valence-electron chi connectivity index (χ1n) is 12.5. The molecule has 11 heteroatoms. The lowest BCUT2D eigenvalue weighted by Crippen LogP contribution is -2.40. The first-order chi connectivity index (χ1) is 18.8. The predicted molar refractivity (Wildman–Crippen MR) is 146 cm³/mol. The lowest BCUT2D eigenvalue weighted by atomic mass is 9.86. The second-order valence-electron chi connectivity index (χ2n) is 9.37. The Morgan fingerprint density at radius 3 is 2.03 bits per heavy atom. The van der Waals surface area contributed by atoms with Gasteiger partial charge in [-0.2, -0.15) is 9.29 Å². The summed E-state index contributed by atoms with van der Waals surface area (Å²) < 4.78 is 54.4. The van der Waals surface area contributed by atoms with Gasteiger partial charge in [-0.15, -0.1) is 0 Å². The summed E-state index contributed by atoms with van der Waals surface area (Å²) in [5.74, 6) is 0.305. The van der Waals surface area contributed by atoms with Crippen LogP contribution < -0.4 is 16.4 Å². The maximum Gasteiger partial charge on any atom is 0.243 e. The van der Waals surface area contributed by atoms with Crippen molar-refractivity contribution in [2.75, 3.05) is 23.7 Å². The number of anilines is 4. The van der Waals surface area contributed by atoms with Gasteiger partial charge in [0.15, 0.2) is 0 Å². The van der Waals surface area contributed by atoms with E-state index < -0.39 is 10.0 Å². The fourth-order valence-corrected chi connectivity index (χ4v) is 6.06. The maximum absolute atomic E-state index is 13.3. The van der Waals surface area contributed by atoms with Gasteiger partial charge in [-0.1, -0.05) is 12.1 Å². The molecule has 1 aliphatic heterocycles.